The molecule has 0 atom stereocenters. The van der Waals surface area contributed by atoms with Gasteiger partial charge < -0.3 is 10.1 Å². The van der Waals surface area contributed by atoms with Crippen molar-refractivity contribution < 1.29 is 19.2 Å². The van der Waals surface area contributed by atoms with Crippen LogP contribution in [0.4, 0.5) is 11.4 Å². The van der Waals surface area contributed by atoms with Crippen molar-refractivity contribution in [3.8, 4) is 0 Å². The largest absolute Gasteiger partial charge is 0.456 e. The number of nitrogens with one attached hydrogen (secondary N) is 1. The van der Waals surface area contributed by atoms with E-state index in [1.807, 2.05) is 0 Å². The van der Waals surface area contributed by atoms with Gasteiger partial charge in [-0.2, -0.15) is 0 Å². The average Bonchev–Trinajstić information content (AvgIpc) is 2.60. The summed E-state index contributed by atoms with van der Waals surface area (Å²) in [6.45, 7) is 1.18. The Morgan fingerprint density at radius 2 is 2.00 bits per heavy atom. The molecule has 25 heavy (non-hydrogen) atoms. The van der Waals surface area contributed by atoms with E-state index in [2.05, 4.69) is 5.32 Å². The fourth-order valence-electron chi connectivity index (χ4n) is 3.16. The molecule has 1 aromatic carbocycles. The zero-order chi connectivity index (χ0) is 18.2. The van der Waals surface area contributed by atoms with Crippen LogP contribution in [-0.2, 0) is 14.3 Å². The van der Waals surface area contributed by atoms with E-state index < -0.39 is 10.8 Å². The number of carbonyl (C=O) groups excluding carboxylic acids is 2. The third-order valence-electron chi connectivity index (χ3n) is 4.62. The van der Waals surface area contributed by atoms with Crippen LogP contribution in [0.2, 0.25) is 0 Å². The van der Waals surface area contributed by atoms with E-state index in [0.29, 0.717) is 23.6 Å². The van der Waals surface area contributed by atoms with Crippen LogP contribution in [0.1, 0.15) is 50.5 Å². The number of nitro benzene ring substituents is 1. The molecular weight excluding hydrogens is 324 g/mol. The fraction of sp³-hybridized carbons (Fsp3) is 0.556. The molecule has 7 heteroatoms. The summed E-state index contributed by atoms with van der Waals surface area (Å²) in [5.41, 5.74) is 0.643. The number of rotatable bonds is 7. The van der Waals surface area contributed by atoms with Crippen molar-refractivity contribution in [3.05, 3.63) is 33.9 Å². The molecular formula is C18H24N2O5. The van der Waals surface area contributed by atoms with Gasteiger partial charge in [0.15, 0.2) is 6.61 Å². The molecule has 1 saturated carbocycles. The minimum Gasteiger partial charge on any atom is -0.456 e. The molecule has 1 aliphatic carbocycles. The van der Waals surface area contributed by atoms with Crippen molar-refractivity contribution in [2.45, 2.75) is 51.9 Å². The number of hydrogen-bond acceptors (Lipinski definition) is 5. The fourth-order valence-corrected chi connectivity index (χ4v) is 3.16. The predicted octanol–water partition coefficient (Wildman–Crippen LogP) is 3.75. The Bertz CT molecular complexity index is 638. The lowest BCUT2D eigenvalue weighted by molar-refractivity contribution is -0.385. The highest BCUT2D eigenvalue weighted by Gasteiger charge is 2.17. The molecule has 0 aliphatic heterocycles. The second kappa shape index (κ2) is 9.15. The second-order valence-corrected chi connectivity index (χ2v) is 6.46. The van der Waals surface area contributed by atoms with Gasteiger partial charge in [0, 0.05) is 12.5 Å². The van der Waals surface area contributed by atoms with Gasteiger partial charge in [-0.25, -0.2) is 0 Å². The SMILES string of the molecule is Cc1c(NC(=O)COC(=O)CCC2CCCCC2)cccc1[N+](=O)[O-]. The van der Waals surface area contributed by atoms with Crippen LogP contribution in [0.25, 0.3) is 0 Å². The monoisotopic (exact) mass is 348 g/mol. The van der Waals surface area contributed by atoms with E-state index in [-0.39, 0.29) is 18.3 Å². The van der Waals surface area contributed by atoms with E-state index in [0.717, 1.165) is 6.42 Å². The number of benzene rings is 1. The number of amides is 1. The van der Waals surface area contributed by atoms with Crippen molar-refractivity contribution >= 4 is 23.3 Å². The van der Waals surface area contributed by atoms with Gasteiger partial charge in [0.2, 0.25) is 0 Å². The summed E-state index contributed by atoms with van der Waals surface area (Å²) in [6, 6.07) is 4.44. The molecule has 7 nitrogen and oxygen atoms in total. The van der Waals surface area contributed by atoms with Crippen LogP contribution in [0, 0.1) is 23.0 Å². The van der Waals surface area contributed by atoms with Crippen LogP contribution in [0.3, 0.4) is 0 Å². The van der Waals surface area contributed by atoms with Gasteiger partial charge in [0.05, 0.1) is 16.2 Å². The standard InChI is InChI=1S/C18H24N2O5/c1-13-15(8-5-9-16(13)20(23)24)19-17(21)12-25-18(22)11-10-14-6-3-2-4-7-14/h5,8-9,14H,2-4,6-7,10-12H2,1H3,(H,19,21). The molecule has 0 bridgehead atoms. The molecule has 1 amide bonds. The third-order valence-corrected chi connectivity index (χ3v) is 4.62. The maximum Gasteiger partial charge on any atom is 0.306 e. The summed E-state index contributed by atoms with van der Waals surface area (Å²) >= 11 is 0. The van der Waals surface area contributed by atoms with Crippen LogP contribution < -0.4 is 5.32 Å². The van der Waals surface area contributed by atoms with Gasteiger partial charge in [-0.3, -0.25) is 19.7 Å². The summed E-state index contributed by atoms with van der Waals surface area (Å²) < 4.78 is 5.00. The normalized spacial score (nSPS) is 14.8. The van der Waals surface area contributed by atoms with Crippen LogP contribution >= 0.6 is 0 Å². The molecule has 0 unspecified atom stereocenters. The topological polar surface area (TPSA) is 98.5 Å². The van der Waals surface area contributed by atoms with Crippen LogP contribution in [0.15, 0.2) is 18.2 Å². The highest BCUT2D eigenvalue weighted by atomic mass is 16.6. The lowest BCUT2D eigenvalue weighted by atomic mass is 9.86. The molecule has 2 rings (SSSR count). The first kappa shape index (κ1) is 18.9. The summed E-state index contributed by atoms with van der Waals surface area (Å²) in [5, 5.41) is 13.4. The Balaban J connectivity index is 1.76. The molecule has 0 heterocycles. The summed E-state index contributed by atoms with van der Waals surface area (Å²) in [6.07, 6.45) is 7.20. The smallest absolute Gasteiger partial charge is 0.306 e. The molecule has 1 fully saturated rings. The maximum atomic E-state index is 11.9. The average molecular weight is 348 g/mol. The Morgan fingerprint density at radius 3 is 2.68 bits per heavy atom. The van der Waals surface area contributed by atoms with E-state index in [4.69, 9.17) is 4.74 Å². The molecule has 0 aromatic heterocycles. The summed E-state index contributed by atoms with van der Waals surface area (Å²) in [5.74, 6) is -0.297. The number of nitro groups is 1. The quantitative estimate of drug-likeness (QED) is 0.460. The van der Waals surface area contributed by atoms with Crippen molar-refractivity contribution in [1.29, 1.82) is 0 Å². The Morgan fingerprint density at radius 1 is 1.28 bits per heavy atom. The van der Waals surface area contributed by atoms with E-state index in [1.54, 1.807) is 13.0 Å². The van der Waals surface area contributed by atoms with Crippen molar-refractivity contribution in [2.24, 2.45) is 5.92 Å². The highest BCUT2D eigenvalue weighted by Crippen LogP contribution is 2.27. The number of esters is 1. The molecule has 0 radical (unpaired) electrons. The van der Waals surface area contributed by atoms with Crippen molar-refractivity contribution in [2.75, 3.05) is 11.9 Å². The van der Waals surface area contributed by atoms with Gasteiger partial charge in [0.25, 0.3) is 11.6 Å². The lowest BCUT2D eigenvalue weighted by Crippen LogP contribution is -2.21. The minimum absolute atomic E-state index is 0.0673. The van der Waals surface area contributed by atoms with Gasteiger partial charge in [-0.05, 0) is 25.3 Å². The Hall–Kier alpha value is -2.44. The maximum absolute atomic E-state index is 11.9. The molecule has 1 N–H and O–H groups in total. The van der Waals surface area contributed by atoms with Gasteiger partial charge in [0.1, 0.15) is 0 Å². The first-order valence-corrected chi connectivity index (χ1v) is 8.67. The predicted molar refractivity (Wildman–Crippen MR) is 93.2 cm³/mol. The van der Waals surface area contributed by atoms with Crippen molar-refractivity contribution in [3.63, 3.8) is 0 Å². The van der Waals surface area contributed by atoms with Gasteiger partial charge >= 0.3 is 5.97 Å². The molecule has 1 aromatic rings. The Labute approximate surface area is 146 Å². The second-order valence-electron chi connectivity index (χ2n) is 6.46. The zero-order valence-corrected chi connectivity index (χ0v) is 14.5. The number of ether oxygens (including phenoxy) is 1. The van der Waals surface area contributed by atoms with E-state index >= 15 is 0 Å². The van der Waals surface area contributed by atoms with Crippen LogP contribution in [0.5, 0.6) is 0 Å². The van der Waals surface area contributed by atoms with E-state index in [1.165, 1.54) is 44.2 Å². The molecule has 136 valence electrons. The lowest BCUT2D eigenvalue weighted by Gasteiger charge is -2.20. The first-order valence-electron chi connectivity index (χ1n) is 8.67. The van der Waals surface area contributed by atoms with Crippen LogP contribution in [-0.4, -0.2) is 23.4 Å². The summed E-state index contributed by atoms with van der Waals surface area (Å²) in [7, 11) is 0. The Kier molecular flexibility index (Phi) is 6.91. The zero-order valence-electron chi connectivity index (χ0n) is 14.5. The third kappa shape index (κ3) is 5.85. The molecule has 0 spiro atoms. The van der Waals surface area contributed by atoms with E-state index in [9.17, 15) is 19.7 Å². The number of hydrogen-bond donors (Lipinski definition) is 1. The van der Waals surface area contributed by atoms with Gasteiger partial charge in [-0.1, -0.05) is 38.2 Å². The van der Waals surface area contributed by atoms with Gasteiger partial charge in [-0.15, -0.1) is 0 Å². The minimum atomic E-state index is -0.505. The number of anilines is 1. The number of carbonyl (C=O) groups is 2. The van der Waals surface area contributed by atoms with Crippen molar-refractivity contribution in [1.82, 2.24) is 0 Å². The highest BCUT2D eigenvalue weighted by molar-refractivity contribution is 5.94. The molecule has 0 saturated heterocycles. The molecule has 1 aliphatic rings. The summed E-state index contributed by atoms with van der Waals surface area (Å²) in [4.78, 5) is 34.1. The number of nitrogens with zero attached hydrogens (tertiary/aromatic N) is 1. The first-order chi connectivity index (χ1) is 12.0.